The highest BCUT2D eigenvalue weighted by Gasteiger charge is 2.05. The van der Waals surface area contributed by atoms with Gasteiger partial charge in [0, 0.05) is 11.4 Å². The first-order chi connectivity index (χ1) is 9.56. The van der Waals surface area contributed by atoms with Crippen LogP contribution in [-0.4, -0.2) is 31.7 Å². The Kier molecular flexibility index (Phi) is 7.36. The smallest absolute Gasteiger partial charge is 0.255 e. The number of nitrogens with one attached hydrogen (secondary N) is 2. The van der Waals surface area contributed by atoms with Crippen LogP contribution >= 0.6 is 11.8 Å². The zero-order valence-corrected chi connectivity index (χ0v) is 12.9. The summed E-state index contributed by atoms with van der Waals surface area (Å²) in [6.07, 6.45) is -0.373. The predicted octanol–water partition coefficient (Wildman–Crippen LogP) is 3.04. The molecule has 112 valence electrons. The SMILES string of the molecule is CCNC(=NCc1ccc(C)cc1SC)NCC(F)F. The van der Waals surface area contributed by atoms with Gasteiger partial charge in [-0.1, -0.05) is 12.1 Å². The lowest BCUT2D eigenvalue weighted by molar-refractivity contribution is 0.152. The molecule has 0 atom stereocenters. The van der Waals surface area contributed by atoms with E-state index in [-0.39, 0.29) is 0 Å². The molecule has 0 saturated carbocycles. The molecule has 20 heavy (non-hydrogen) atoms. The molecule has 0 unspecified atom stereocenters. The maximum absolute atomic E-state index is 12.2. The predicted molar refractivity (Wildman–Crippen MR) is 81.8 cm³/mol. The molecule has 1 aromatic carbocycles. The number of aliphatic imine (C=N–C) groups is 1. The number of guanidine groups is 1. The van der Waals surface area contributed by atoms with Crippen molar-refractivity contribution in [1.29, 1.82) is 0 Å². The van der Waals surface area contributed by atoms with Crippen molar-refractivity contribution in [3.8, 4) is 0 Å². The summed E-state index contributed by atoms with van der Waals surface area (Å²) in [5.41, 5.74) is 2.29. The third-order valence-electron chi connectivity index (χ3n) is 2.62. The molecule has 0 aliphatic rings. The molecule has 0 saturated heterocycles. The summed E-state index contributed by atoms with van der Waals surface area (Å²) in [5, 5.41) is 5.58. The van der Waals surface area contributed by atoms with E-state index in [0.29, 0.717) is 19.0 Å². The number of benzene rings is 1. The van der Waals surface area contributed by atoms with Crippen LogP contribution in [0.25, 0.3) is 0 Å². The molecule has 0 bridgehead atoms. The first kappa shape index (κ1) is 16.8. The van der Waals surface area contributed by atoms with E-state index >= 15 is 0 Å². The van der Waals surface area contributed by atoms with Crippen molar-refractivity contribution in [2.45, 2.75) is 31.7 Å². The average Bonchev–Trinajstić information content (AvgIpc) is 2.42. The van der Waals surface area contributed by atoms with E-state index in [1.165, 1.54) is 10.5 Å². The number of hydrogen-bond acceptors (Lipinski definition) is 2. The van der Waals surface area contributed by atoms with Crippen LogP contribution in [0.5, 0.6) is 0 Å². The third kappa shape index (κ3) is 5.77. The van der Waals surface area contributed by atoms with E-state index in [1.807, 2.05) is 32.2 Å². The van der Waals surface area contributed by atoms with Crippen LogP contribution in [0.15, 0.2) is 28.1 Å². The van der Waals surface area contributed by atoms with Crippen molar-refractivity contribution < 1.29 is 8.78 Å². The van der Waals surface area contributed by atoms with Gasteiger partial charge in [-0.25, -0.2) is 13.8 Å². The minimum atomic E-state index is -2.39. The van der Waals surface area contributed by atoms with Crippen molar-refractivity contribution in [3.05, 3.63) is 29.3 Å². The molecule has 6 heteroatoms. The minimum absolute atomic E-state index is 0.394. The van der Waals surface area contributed by atoms with E-state index in [0.717, 1.165) is 5.56 Å². The maximum Gasteiger partial charge on any atom is 0.255 e. The Morgan fingerprint density at radius 3 is 2.70 bits per heavy atom. The molecular formula is C14H21F2N3S. The molecule has 0 aliphatic heterocycles. The summed E-state index contributed by atoms with van der Waals surface area (Å²) < 4.78 is 24.4. The number of halogens is 2. The maximum atomic E-state index is 12.2. The Bertz CT molecular complexity index is 450. The van der Waals surface area contributed by atoms with Gasteiger partial charge >= 0.3 is 0 Å². The van der Waals surface area contributed by atoms with Crippen LogP contribution < -0.4 is 10.6 Å². The molecule has 0 aromatic heterocycles. The lowest BCUT2D eigenvalue weighted by Gasteiger charge is -2.12. The van der Waals surface area contributed by atoms with Crippen LogP contribution in [-0.2, 0) is 6.54 Å². The number of alkyl halides is 2. The lowest BCUT2D eigenvalue weighted by atomic mass is 10.1. The summed E-state index contributed by atoms with van der Waals surface area (Å²) >= 11 is 1.66. The molecule has 0 fully saturated rings. The minimum Gasteiger partial charge on any atom is -0.357 e. The quantitative estimate of drug-likeness (QED) is 0.482. The van der Waals surface area contributed by atoms with Crippen molar-refractivity contribution in [1.82, 2.24) is 10.6 Å². The second kappa shape index (κ2) is 8.79. The molecule has 0 aliphatic carbocycles. The highest BCUT2D eigenvalue weighted by atomic mass is 32.2. The first-order valence-corrected chi connectivity index (χ1v) is 7.73. The standard InChI is InChI=1S/C14H21F2N3S/c1-4-17-14(19-9-13(15)16)18-8-11-6-5-10(2)7-12(11)20-3/h5-7,13H,4,8-9H2,1-3H3,(H2,17,18,19). The molecule has 0 radical (unpaired) electrons. The second-order valence-electron chi connectivity index (χ2n) is 4.28. The van der Waals surface area contributed by atoms with Crippen molar-refractivity contribution in [3.63, 3.8) is 0 Å². The van der Waals surface area contributed by atoms with Gasteiger partial charge in [-0.3, -0.25) is 0 Å². The second-order valence-corrected chi connectivity index (χ2v) is 5.13. The van der Waals surface area contributed by atoms with Gasteiger partial charge < -0.3 is 10.6 Å². The normalized spacial score (nSPS) is 11.8. The molecule has 1 aromatic rings. The van der Waals surface area contributed by atoms with E-state index < -0.39 is 13.0 Å². The van der Waals surface area contributed by atoms with Crippen LogP contribution in [0.3, 0.4) is 0 Å². The highest BCUT2D eigenvalue weighted by molar-refractivity contribution is 7.98. The highest BCUT2D eigenvalue weighted by Crippen LogP contribution is 2.22. The summed E-state index contributed by atoms with van der Waals surface area (Å²) in [6.45, 7) is 4.66. The summed E-state index contributed by atoms with van der Waals surface area (Å²) in [4.78, 5) is 5.51. The van der Waals surface area contributed by atoms with Gasteiger partial charge in [0.1, 0.15) is 0 Å². The Balaban J connectivity index is 2.75. The van der Waals surface area contributed by atoms with Gasteiger partial charge in [0.2, 0.25) is 0 Å². The van der Waals surface area contributed by atoms with Crippen molar-refractivity contribution in [2.75, 3.05) is 19.3 Å². The average molecular weight is 301 g/mol. The van der Waals surface area contributed by atoms with Crippen molar-refractivity contribution in [2.24, 2.45) is 4.99 Å². The van der Waals surface area contributed by atoms with Crippen LogP contribution in [0.2, 0.25) is 0 Å². The summed E-state index contributed by atoms with van der Waals surface area (Å²) in [5.74, 6) is 0.417. The summed E-state index contributed by atoms with van der Waals surface area (Å²) in [7, 11) is 0. The molecule has 0 heterocycles. The Hall–Kier alpha value is -1.30. The van der Waals surface area contributed by atoms with Crippen LogP contribution in [0.1, 0.15) is 18.1 Å². The number of thioether (sulfide) groups is 1. The van der Waals surface area contributed by atoms with Gasteiger partial charge in [0.15, 0.2) is 5.96 Å². The van der Waals surface area contributed by atoms with Crippen LogP contribution in [0, 0.1) is 6.92 Å². The van der Waals surface area contributed by atoms with E-state index in [2.05, 4.69) is 21.7 Å². The number of hydrogen-bond donors (Lipinski definition) is 2. The van der Waals surface area contributed by atoms with Gasteiger partial charge in [0.25, 0.3) is 6.43 Å². The Morgan fingerprint density at radius 2 is 2.10 bits per heavy atom. The van der Waals surface area contributed by atoms with Gasteiger partial charge in [-0.05, 0) is 37.3 Å². The summed E-state index contributed by atoms with van der Waals surface area (Å²) in [6, 6.07) is 6.17. The molecular weight excluding hydrogens is 280 g/mol. The van der Waals surface area contributed by atoms with Crippen LogP contribution in [0.4, 0.5) is 8.78 Å². The van der Waals surface area contributed by atoms with Crippen molar-refractivity contribution >= 4 is 17.7 Å². The number of nitrogens with zero attached hydrogens (tertiary/aromatic N) is 1. The first-order valence-electron chi connectivity index (χ1n) is 6.50. The lowest BCUT2D eigenvalue weighted by Crippen LogP contribution is -2.39. The van der Waals surface area contributed by atoms with E-state index in [4.69, 9.17) is 0 Å². The monoisotopic (exact) mass is 301 g/mol. The van der Waals surface area contributed by atoms with E-state index in [9.17, 15) is 8.78 Å². The fourth-order valence-corrected chi connectivity index (χ4v) is 2.36. The van der Waals surface area contributed by atoms with E-state index in [1.54, 1.807) is 11.8 Å². The topological polar surface area (TPSA) is 36.4 Å². The van der Waals surface area contributed by atoms with Gasteiger partial charge in [-0.2, -0.15) is 0 Å². The Labute approximate surface area is 123 Å². The third-order valence-corrected chi connectivity index (χ3v) is 3.44. The molecule has 0 amide bonds. The zero-order valence-electron chi connectivity index (χ0n) is 12.0. The Morgan fingerprint density at radius 1 is 1.35 bits per heavy atom. The molecule has 0 spiro atoms. The van der Waals surface area contributed by atoms with Gasteiger partial charge in [0.05, 0.1) is 13.1 Å². The number of rotatable bonds is 6. The fourth-order valence-electron chi connectivity index (χ4n) is 1.66. The van der Waals surface area contributed by atoms with Gasteiger partial charge in [-0.15, -0.1) is 11.8 Å². The largest absolute Gasteiger partial charge is 0.357 e. The fraction of sp³-hybridized carbons (Fsp3) is 0.500. The number of aryl methyl sites for hydroxylation is 1. The molecule has 3 nitrogen and oxygen atoms in total. The molecule has 2 N–H and O–H groups in total. The molecule has 1 rings (SSSR count). The zero-order chi connectivity index (χ0) is 15.0.